The van der Waals surface area contributed by atoms with Crippen molar-refractivity contribution in [1.82, 2.24) is 13.6 Å². The first-order chi connectivity index (χ1) is 13.6. The van der Waals surface area contributed by atoms with Gasteiger partial charge in [0, 0.05) is 44.7 Å². The van der Waals surface area contributed by atoms with E-state index in [0.29, 0.717) is 26.2 Å². The molecule has 0 bridgehead atoms. The third-order valence-electron chi connectivity index (χ3n) is 5.18. The van der Waals surface area contributed by atoms with E-state index in [0.717, 1.165) is 15.9 Å². The highest BCUT2D eigenvalue weighted by molar-refractivity contribution is 7.89. The lowest BCUT2D eigenvalue weighted by atomic mass is 10.2. The molecule has 2 aromatic rings. The number of piperazine rings is 1. The quantitative estimate of drug-likeness (QED) is 0.732. The van der Waals surface area contributed by atoms with Gasteiger partial charge in [-0.25, -0.2) is 13.2 Å². The van der Waals surface area contributed by atoms with Crippen LogP contribution in [0.25, 0.3) is 10.1 Å². The van der Waals surface area contributed by atoms with Crippen LogP contribution in [-0.2, 0) is 14.8 Å². The summed E-state index contributed by atoms with van der Waals surface area (Å²) < 4.78 is 38.4. The van der Waals surface area contributed by atoms with Crippen LogP contribution in [0.3, 0.4) is 0 Å². The van der Waals surface area contributed by atoms with Gasteiger partial charge in [-0.15, -0.1) is 0 Å². The zero-order chi connectivity index (χ0) is 20.8. The number of sulfonamides is 1. The summed E-state index contributed by atoms with van der Waals surface area (Å²) in [4.78, 5) is 15.7. The third kappa shape index (κ3) is 4.06. The lowest BCUT2D eigenvalue weighted by Gasteiger charge is -2.42. The summed E-state index contributed by atoms with van der Waals surface area (Å²) in [6.07, 6.45) is -0.454. The van der Waals surface area contributed by atoms with Crippen LogP contribution in [0.2, 0.25) is 0 Å². The van der Waals surface area contributed by atoms with Crippen LogP contribution in [0.1, 0.15) is 20.8 Å². The lowest BCUT2D eigenvalue weighted by molar-refractivity contribution is 0.0136. The third-order valence-corrected chi connectivity index (χ3v) is 8.22. The van der Waals surface area contributed by atoms with Gasteiger partial charge in [0.05, 0.1) is 4.70 Å². The van der Waals surface area contributed by atoms with Crippen LogP contribution < -0.4 is 4.90 Å². The van der Waals surface area contributed by atoms with Crippen molar-refractivity contribution in [3.8, 4) is 0 Å². The molecule has 2 fully saturated rings. The number of aromatic nitrogens is 1. The van der Waals surface area contributed by atoms with Gasteiger partial charge in [0.2, 0.25) is 10.0 Å². The van der Waals surface area contributed by atoms with Crippen molar-refractivity contribution in [3.63, 3.8) is 0 Å². The summed E-state index contributed by atoms with van der Waals surface area (Å²) in [7, 11) is -3.43. The first kappa shape index (κ1) is 20.4. The number of nitrogens with zero attached hydrogens (tertiary/aromatic N) is 4. The molecule has 0 unspecified atom stereocenters. The Labute approximate surface area is 175 Å². The molecule has 29 heavy (non-hydrogen) atoms. The molecule has 0 radical (unpaired) electrons. The molecule has 8 nitrogen and oxygen atoms in total. The highest BCUT2D eigenvalue weighted by atomic mass is 32.2. The number of fused-ring (bicyclic) bond motifs is 1. The SMILES string of the molecule is CC(C)(C)OC(=O)N1CC(S(=O)(=O)N2CCN(c3nsc4ccccc34)CC2)C1. The lowest BCUT2D eigenvalue weighted by Crippen LogP contribution is -2.62. The van der Waals surface area contributed by atoms with Crippen molar-refractivity contribution in [3.05, 3.63) is 24.3 Å². The van der Waals surface area contributed by atoms with Crippen LogP contribution >= 0.6 is 11.5 Å². The molecule has 10 heteroatoms. The maximum Gasteiger partial charge on any atom is 0.410 e. The van der Waals surface area contributed by atoms with Gasteiger partial charge in [0.15, 0.2) is 0 Å². The summed E-state index contributed by atoms with van der Waals surface area (Å²) in [5, 5.41) is 0.558. The topological polar surface area (TPSA) is 83.0 Å². The molecule has 0 spiro atoms. The van der Waals surface area contributed by atoms with E-state index in [1.54, 1.807) is 25.1 Å². The molecule has 0 N–H and O–H groups in total. The fraction of sp³-hybridized carbons (Fsp3) is 0.579. The predicted molar refractivity (Wildman–Crippen MR) is 114 cm³/mol. The van der Waals surface area contributed by atoms with Gasteiger partial charge in [-0.2, -0.15) is 8.68 Å². The Morgan fingerprint density at radius 1 is 1.14 bits per heavy atom. The minimum Gasteiger partial charge on any atom is -0.444 e. The first-order valence-corrected chi connectivity index (χ1v) is 12.0. The molecule has 158 valence electrons. The predicted octanol–water partition coefficient (Wildman–Crippen LogP) is 2.37. The van der Waals surface area contributed by atoms with Crippen molar-refractivity contribution in [1.29, 1.82) is 0 Å². The van der Waals surface area contributed by atoms with E-state index in [2.05, 4.69) is 15.3 Å². The molecule has 1 aromatic heterocycles. The van der Waals surface area contributed by atoms with Gasteiger partial charge in [-0.3, -0.25) is 0 Å². The van der Waals surface area contributed by atoms with Gasteiger partial charge < -0.3 is 14.5 Å². The van der Waals surface area contributed by atoms with Gasteiger partial charge >= 0.3 is 6.09 Å². The Balaban J connectivity index is 1.34. The second-order valence-electron chi connectivity index (χ2n) is 8.44. The number of benzene rings is 1. The first-order valence-electron chi connectivity index (χ1n) is 9.71. The van der Waals surface area contributed by atoms with E-state index in [9.17, 15) is 13.2 Å². The van der Waals surface area contributed by atoms with Crippen molar-refractivity contribution in [2.45, 2.75) is 31.6 Å². The number of carbonyl (C=O) groups is 1. The number of hydrogen-bond donors (Lipinski definition) is 0. The van der Waals surface area contributed by atoms with Gasteiger partial charge in [0.1, 0.15) is 16.7 Å². The number of carbonyl (C=O) groups excluding carboxylic acids is 1. The summed E-state index contributed by atoms with van der Waals surface area (Å²) in [5.41, 5.74) is -0.586. The molecule has 2 aliphatic heterocycles. The van der Waals surface area contributed by atoms with Crippen LogP contribution in [0.4, 0.5) is 10.6 Å². The van der Waals surface area contributed by atoms with E-state index in [4.69, 9.17) is 4.74 Å². The summed E-state index contributed by atoms with van der Waals surface area (Å²) in [5.74, 6) is 0.933. The summed E-state index contributed by atoms with van der Waals surface area (Å²) in [6.45, 7) is 7.83. The highest BCUT2D eigenvalue weighted by Gasteiger charge is 2.44. The maximum absolute atomic E-state index is 12.9. The van der Waals surface area contributed by atoms with E-state index < -0.39 is 27.0 Å². The molecular formula is C19H26N4O4S2. The second-order valence-corrected chi connectivity index (χ2v) is 11.5. The van der Waals surface area contributed by atoms with Gasteiger partial charge in [-0.05, 0) is 44.4 Å². The van der Waals surface area contributed by atoms with Gasteiger partial charge in [-0.1, -0.05) is 12.1 Å². The fourth-order valence-corrected chi connectivity index (χ4v) is 6.19. The zero-order valence-electron chi connectivity index (χ0n) is 16.9. The largest absolute Gasteiger partial charge is 0.444 e. The molecule has 2 saturated heterocycles. The zero-order valence-corrected chi connectivity index (χ0v) is 18.5. The normalized spacial score (nSPS) is 19.4. The van der Waals surface area contributed by atoms with Crippen LogP contribution in [0, 0.1) is 0 Å². The maximum atomic E-state index is 12.9. The molecule has 1 amide bonds. The van der Waals surface area contributed by atoms with E-state index in [-0.39, 0.29) is 13.1 Å². The number of likely N-dealkylation sites (tertiary alicyclic amines) is 1. The van der Waals surface area contributed by atoms with Gasteiger partial charge in [0.25, 0.3) is 0 Å². The van der Waals surface area contributed by atoms with Crippen molar-refractivity contribution >= 4 is 43.6 Å². The minimum absolute atomic E-state index is 0.189. The highest BCUT2D eigenvalue weighted by Crippen LogP contribution is 2.31. The molecule has 0 aliphatic carbocycles. The Hall–Kier alpha value is -1.91. The summed E-state index contributed by atoms with van der Waals surface area (Å²) in [6, 6.07) is 8.09. The average molecular weight is 439 g/mol. The average Bonchev–Trinajstić information content (AvgIpc) is 3.03. The van der Waals surface area contributed by atoms with Crippen LogP contribution in [0.5, 0.6) is 0 Å². The number of amides is 1. The molecule has 3 heterocycles. The Kier molecular flexibility index (Phi) is 5.20. The van der Waals surface area contributed by atoms with E-state index >= 15 is 0 Å². The minimum atomic E-state index is -3.43. The molecular weight excluding hydrogens is 412 g/mol. The van der Waals surface area contributed by atoms with Crippen molar-refractivity contribution in [2.24, 2.45) is 0 Å². The molecule has 2 aliphatic rings. The Morgan fingerprint density at radius 3 is 2.45 bits per heavy atom. The molecule has 0 atom stereocenters. The fourth-order valence-electron chi connectivity index (χ4n) is 3.57. The van der Waals surface area contributed by atoms with Crippen LogP contribution in [-0.4, -0.2) is 78.2 Å². The number of hydrogen-bond acceptors (Lipinski definition) is 7. The molecule has 0 saturated carbocycles. The monoisotopic (exact) mass is 438 g/mol. The Morgan fingerprint density at radius 2 is 1.79 bits per heavy atom. The second kappa shape index (κ2) is 7.41. The molecule has 4 rings (SSSR count). The number of rotatable bonds is 3. The standard InChI is InChI=1S/C19H26N4O4S2/c1-19(2,3)27-18(24)22-12-14(13-22)29(25,26)23-10-8-21(9-11-23)17-15-6-4-5-7-16(15)28-20-17/h4-7,14H,8-13H2,1-3H3. The number of anilines is 1. The van der Waals surface area contributed by atoms with Crippen molar-refractivity contribution in [2.75, 3.05) is 44.2 Å². The summed E-state index contributed by atoms with van der Waals surface area (Å²) >= 11 is 1.47. The van der Waals surface area contributed by atoms with E-state index in [1.165, 1.54) is 16.4 Å². The molecule has 1 aromatic carbocycles. The van der Waals surface area contributed by atoms with E-state index in [1.807, 2.05) is 18.2 Å². The smallest absolute Gasteiger partial charge is 0.410 e. The van der Waals surface area contributed by atoms with Crippen LogP contribution in [0.15, 0.2) is 24.3 Å². The van der Waals surface area contributed by atoms with Crippen molar-refractivity contribution < 1.29 is 17.9 Å². The number of ether oxygens (including phenoxy) is 1. The Bertz CT molecular complexity index is 1000.